The molecule has 0 bridgehead atoms. The van der Waals surface area contributed by atoms with E-state index in [1.807, 2.05) is 13.0 Å². The summed E-state index contributed by atoms with van der Waals surface area (Å²) < 4.78 is 3.96. The second-order valence-electron chi connectivity index (χ2n) is 8.31. The lowest BCUT2D eigenvalue weighted by atomic mass is 10.0. The molecule has 1 unspecified atom stereocenters. The summed E-state index contributed by atoms with van der Waals surface area (Å²) in [4.78, 5) is 44.5. The first-order valence-electron chi connectivity index (χ1n) is 10.8. The molecule has 0 fully saturated rings. The smallest absolute Gasteiger partial charge is 0.273 e. The van der Waals surface area contributed by atoms with Crippen LogP contribution in [0.4, 0.5) is 11.4 Å². The minimum Gasteiger partial charge on any atom is -0.395 e. The Hall–Kier alpha value is -3.79. The Morgan fingerprint density at radius 2 is 1.85 bits per heavy atom. The third-order valence-electron chi connectivity index (χ3n) is 5.20. The first-order valence-corrected chi connectivity index (χ1v) is 11.6. The number of nitrogens with two attached hydrogens (primary N) is 2. The summed E-state index contributed by atoms with van der Waals surface area (Å²) >= 11 is 0.775. The standard InChI is InChI=1S/C24H28N6O3S/c1-14(2)7-12-28-23(32)20(16-8-10-27-11-9-16)30(17-6-4-5-15(3)13-17)24(33)21-18(25)19(22(26)31)29-34-21/h4-6,8-11,13-14,20H,7,12,25H2,1-3H3,(H2,26,31)(H,28,32). The summed E-state index contributed by atoms with van der Waals surface area (Å²) in [7, 11) is 0. The van der Waals surface area contributed by atoms with Crippen LogP contribution in [0.2, 0.25) is 0 Å². The molecular weight excluding hydrogens is 452 g/mol. The molecule has 0 spiro atoms. The molecule has 0 aliphatic heterocycles. The third kappa shape index (κ3) is 5.57. The van der Waals surface area contributed by atoms with Gasteiger partial charge in [-0.1, -0.05) is 26.0 Å². The predicted molar refractivity (Wildman–Crippen MR) is 132 cm³/mol. The molecule has 5 N–H and O–H groups in total. The molecule has 0 aliphatic carbocycles. The number of rotatable bonds is 9. The fourth-order valence-electron chi connectivity index (χ4n) is 3.44. The maximum atomic E-state index is 13.9. The van der Waals surface area contributed by atoms with Gasteiger partial charge >= 0.3 is 0 Å². The summed E-state index contributed by atoms with van der Waals surface area (Å²) in [6, 6.07) is 9.61. The molecular formula is C24H28N6O3S. The number of hydrogen-bond acceptors (Lipinski definition) is 7. The van der Waals surface area contributed by atoms with E-state index in [4.69, 9.17) is 11.5 Å². The van der Waals surface area contributed by atoms with Crippen LogP contribution in [0.5, 0.6) is 0 Å². The van der Waals surface area contributed by atoms with Crippen molar-refractivity contribution < 1.29 is 14.4 Å². The topological polar surface area (TPSA) is 144 Å². The summed E-state index contributed by atoms with van der Waals surface area (Å²) in [6.07, 6.45) is 3.92. The zero-order chi connectivity index (χ0) is 24.8. The van der Waals surface area contributed by atoms with Gasteiger partial charge in [-0.15, -0.1) is 0 Å². The maximum absolute atomic E-state index is 13.9. The van der Waals surface area contributed by atoms with Gasteiger partial charge in [0.25, 0.3) is 11.8 Å². The Kier molecular flexibility index (Phi) is 7.95. The lowest BCUT2D eigenvalue weighted by Crippen LogP contribution is -2.44. The summed E-state index contributed by atoms with van der Waals surface area (Å²) in [5.74, 6) is -1.33. The lowest BCUT2D eigenvalue weighted by molar-refractivity contribution is -0.122. The SMILES string of the molecule is Cc1cccc(N(C(=O)c2snc(C(N)=O)c2N)C(C(=O)NCCC(C)C)c2ccncc2)c1. The van der Waals surface area contributed by atoms with Crippen molar-refractivity contribution >= 4 is 40.6 Å². The number of nitrogens with one attached hydrogen (secondary N) is 1. The van der Waals surface area contributed by atoms with Gasteiger partial charge in [-0.05, 0) is 66.2 Å². The van der Waals surface area contributed by atoms with E-state index in [-0.39, 0.29) is 22.2 Å². The molecule has 2 heterocycles. The first-order chi connectivity index (χ1) is 16.2. The molecule has 0 aliphatic rings. The van der Waals surface area contributed by atoms with Crippen LogP contribution in [0.25, 0.3) is 0 Å². The first kappa shape index (κ1) is 24.8. The number of amides is 3. The van der Waals surface area contributed by atoms with Gasteiger partial charge < -0.3 is 16.8 Å². The Bertz CT molecular complexity index is 1180. The number of aromatic nitrogens is 2. The maximum Gasteiger partial charge on any atom is 0.273 e. The van der Waals surface area contributed by atoms with Crippen LogP contribution in [0.1, 0.15) is 57.6 Å². The van der Waals surface area contributed by atoms with Crippen LogP contribution >= 0.6 is 11.5 Å². The normalized spacial score (nSPS) is 11.8. The van der Waals surface area contributed by atoms with Crippen molar-refractivity contribution in [1.82, 2.24) is 14.7 Å². The Balaban J connectivity index is 2.14. The van der Waals surface area contributed by atoms with Crippen LogP contribution in [-0.4, -0.2) is 33.6 Å². The van der Waals surface area contributed by atoms with Crippen molar-refractivity contribution in [1.29, 1.82) is 0 Å². The Labute approximate surface area is 202 Å². The molecule has 10 heteroatoms. The monoisotopic (exact) mass is 480 g/mol. The van der Waals surface area contributed by atoms with Crippen LogP contribution in [0.15, 0.2) is 48.8 Å². The van der Waals surface area contributed by atoms with Gasteiger partial charge in [-0.3, -0.25) is 24.3 Å². The summed E-state index contributed by atoms with van der Waals surface area (Å²) in [6.45, 7) is 6.49. The average Bonchev–Trinajstić information content (AvgIpc) is 3.18. The summed E-state index contributed by atoms with van der Waals surface area (Å²) in [5.41, 5.74) is 13.1. The molecule has 178 valence electrons. The van der Waals surface area contributed by atoms with E-state index in [9.17, 15) is 14.4 Å². The van der Waals surface area contributed by atoms with Gasteiger partial charge in [0, 0.05) is 24.6 Å². The molecule has 34 heavy (non-hydrogen) atoms. The third-order valence-corrected chi connectivity index (χ3v) is 6.05. The minimum atomic E-state index is -1.01. The molecule has 3 aromatic rings. The molecule has 1 aromatic carbocycles. The van der Waals surface area contributed by atoms with Gasteiger partial charge in [-0.25, -0.2) is 0 Å². The van der Waals surface area contributed by atoms with Crippen LogP contribution < -0.4 is 21.7 Å². The largest absolute Gasteiger partial charge is 0.395 e. The fourth-order valence-corrected chi connectivity index (χ4v) is 4.19. The van der Waals surface area contributed by atoms with Gasteiger partial charge in [0.1, 0.15) is 10.9 Å². The Morgan fingerprint density at radius 1 is 1.15 bits per heavy atom. The molecule has 2 aromatic heterocycles. The van der Waals surface area contributed by atoms with Gasteiger partial charge in [0.15, 0.2) is 5.69 Å². The molecule has 1 atom stereocenters. The number of pyridine rings is 1. The number of nitrogen functional groups attached to an aromatic ring is 1. The number of benzene rings is 1. The Morgan fingerprint density at radius 3 is 2.44 bits per heavy atom. The van der Waals surface area contributed by atoms with E-state index in [0.717, 1.165) is 23.5 Å². The zero-order valence-electron chi connectivity index (χ0n) is 19.3. The van der Waals surface area contributed by atoms with E-state index >= 15 is 0 Å². The second kappa shape index (κ2) is 10.9. The number of hydrogen-bond donors (Lipinski definition) is 3. The van der Waals surface area contributed by atoms with Crippen molar-refractivity contribution in [3.05, 3.63) is 70.5 Å². The van der Waals surface area contributed by atoms with E-state index < -0.39 is 17.9 Å². The highest BCUT2D eigenvalue weighted by Crippen LogP contribution is 2.33. The predicted octanol–water partition coefficient (Wildman–Crippen LogP) is 3.08. The highest BCUT2D eigenvalue weighted by molar-refractivity contribution is 7.09. The minimum absolute atomic E-state index is 0.0318. The number of aryl methyl sites for hydroxylation is 1. The molecule has 0 saturated heterocycles. The van der Waals surface area contributed by atoms with Crippen LogP contribution in [0.3, 0.4) is 0 Å². The highest BCUT2D eigenvalue weighted by Gasteiger charge is 2.36. The summed E-state index contributed by atoms with van der Waals surface area (Å²) in [5, 5.41) is 2.95. The van der Waals surface area contributed by atoms with Crippen LogP contribution in [0, 0.1) is 12.8 Å². The molecule has 3 rings (SSSR count). The van der Waals surface area contributed by atoms with Gasteiger partial charge in [0.2, 0.25) is 5.91 Å². The zero-order valence-corrected chi connectivity index (χ0v) is 20.1. The van der Waals surface area contributed by atoms with E-state index in [0.29, 0.717) is 23.7 Å². The van der Waals surface area contributed by atoms with Crippen molar-refractivity contribution in [2.75, 3.05) is 17.2 Å². The number of anilines is 2. The van der Waals surface area contributed by atoms with Gasteiger partial charge in [-0.2, -0.15) is 4.37 Å². The molecule has 0 saturated carbocycles. The molecule has 0 radical (unpaired) electrons. The van der Waals surface area contributed by atoms with Crippen molar-refractivity contribution in [2.45, 2.75) is 33.2 Å². The quantitative estimate of drug-likeness (QED) is 0.429. The number of carbonyl (C=O) groups is 3. The second-order valence-corrected chi connectivity index (χ2v) is 9.08. The number of primary amides is 1. The highest BCUT2D eigenvalue weighted by atomic mass is 32.1. The van der Waals surface area contributed by atoms with Crippen molar-refractivity contribution in [3.63, 3.8) is 0 Å². The van der Waals surface area contributed by atoms with E-state index in [2.05, 4.69) is 28.5 Å². The van der Waals surface area contributed by atoms with E-state index in [1.165, 1.54) is 4.90 Å². The van der Waals surface area contributed by atoms with Crippen molar-refractivity contribution in [2.24, 2.45) is 11.7 Å². The van der Waals surface area contributed by atoms with E-state index in [1.54, 1.807) is 42.7 Å². The number of carbonyl (C=O) groups excluding carboxylic acids is 3. The average molecular weight is 481 g/mol. The van der Waals surface area contributed by atoms with Crippen molar-refractivity contribution in [3.8, 4) is 0 Å². The van der Waals surface area contributed by atoms with Gasteiger partial charge in [0.05, 0.1) is 5.69 Å². The fraction of sp³-hybridized carbons (Fsp3) is 0.292. The lowest BCUT2D eigenvalue weighted by Gasteiger charge is -2.31. The number of nitrogens with zero attached hydrogens (tertiary/aromatic N) is 3. The molecule has 9 nitrogen and oxygen atoms in total. The molecule has 3 amide bonds. The van der Waals surface area contributed by atoms with Crippen LogP contribution in [-0.2, 0) is 4.79 Å².